The van der Waals surface area contributed by atoms with Crippen molar-refractivity contribution >= 4 is 17.8 Å². The number of carboxylic acid groups (broad SMARTS) is 1. The summed E-state index contributed by atoms with van der Waals surface area (Å²) in [6.45, 7) is 6.01. The predicted octanol–water partition coefficient (Wildman–Crippen LogP) is 0.648. The number of hydrogen-bond donors (Lipinski definition) is 3. The van der Waals surface area contributed by atoms with Crippen molar-refractivity contribution in [2.24, 2.45) is 11.1 Å². The maximum absolute atomic E-state index is 11.6. The Labute approximate surface area is 107 Å². The summed E-state index contributed by atoms with van der Waals surface area (Å²) in [4.78, 5) is 33.0. The second-order valence-electron chi connectivity index (χ2n) is 5.52. The Morgan fingerprint density at radius 1 is 1.22 bits per heavy atom. The van der Waals surface area contributed by atoms with E-state index in [0.29, 0.717) is 6.42 Å². The number of nitrogens with one attached hydrogen (secondary N) is 1. The molecule has 1 atom stereocenters. The number of carboxylic acids is 1. The van der Waals surface area contributed by atoms with Crippen LogP contribution in [0.5, 0.6) is 0 Å². The molecule has 0 aliphatic carbocycles. The van der Waals surface area contributed by atoms with Gasteiger partial charge in [0.05, 0.1) is 0 Å². The van der Waals surface area contributed by atoms with E-state index < -0.39 is 17.9 Å². The fourth-order valence-corrected chi connectivity index (χ4v) is 1.30. The van der Waals surface area contributed by atoms with Gasteiger partial charge in [0, 0.05) is 12.8 Å². The zero-order valence-electron chi connectivity index (χ0n) is 11.2. The Morgan fingerprint density at radius 3 is 2.17 bits per heavy atom. The summed E-state index contributed by atoms with van der Waals surface area (Å²) in [6, 6.07) is -1.05. The van der Waals surface area contributed by atoms with Crippen molar-refractivity contribution < 1.29 is 19.5 Å². The van der Waals surface area contributed by atoms with Gasteiger partial charge in [-0.2, -0.15) is 0 Å². The second-order valence-corrected chi connectivity index (χ2v) is 5.52. The average Bonchev–Trinajstić information content (AvgIpc) is 2.19. The van der Waals surface area contributed by atoms with E-state index in [4.69, 9.17) is 10.8 Å². The summed E-state index contributed by atoms with van der Waals surface area (Å²) in [6.07, 6.45) is 0.896. The van der Waals surface area contributed by atoms with Crippen LogP contribution in [0, 0.1) is 5.41 Å². The molecule has 0 aromatic heterocycles. The van der Waals surface area contributed by atoms with Gasteiger partial charge in [-0.05, 0) is 18.3 Å². The molecule has 0 rings (SSSR count). The minimum atomic E-state index is -1.15. The van der Waals surface area contributed by atoms with Crippen molar-refractivity contribution in [1.29, 1.82) is 0 Å². The minimum absolute atomic E-state index is 0.0171. The van der Waals surface area contributed by atoms with Crippen molar-refractivity contribution in [2.45, 2.75) is 52.5 Å². The first-order valence-electron chi connectivity index (χ1n) is 5.92. The van der Waals surface area contributed by atoms with Gasteiger partial charge in [0.25, 0.3) is 0 Å². The lowest BCUT2D eigenvalue weighted by Crippen LogP contribution is -2.41. The molecule has 4 N–H and O–H groups in total. The van der Waals surface area contributed by atoms with Crippen LogP contribution in [0.2, 0.25) is 0 Å². The first-order chi connectivity index (χ1) is 8.11. The van der Waals surface area contributed by atoms with Crippen LogP contribution >= 0.6 is 0 Å². The van der Waals surface area contributed by atoms with Gasteiger partial charge >= 0.3 is 5.97 Å². The summed E-state index contributed by atoms with van der Waals surface area (Å²) in [5.41, 5.74) is 4.96. The molecule has 0 saturated carbocycles. The molecule has 0 unspecified atom stereocenters. The van der Waals surface area contributed by atoms with Gasteiger partial charge in [-0.15, -0.1) is 0 Å². The summed E-state index contributed by atoms with van der Waals surface area (Å²) < 4.78 is 0. The molecule has 0 aliphatic rings. The van der Waals surface area contributed by atoms with Crippen LogP contribution in [0.25, 0.3) is 0 Å². The summed E-state index contributed by atoms with van der Waals surface area (Å²) >= 11 is 0. The van der Waals surface area contributed by atoms with Crippen LogP contribution in [-0.2, 0) is 14.4 Å². The number of hydrogen-bond acceptors (Lipinski definition) is 3. The summed E-state index contributed by atoms with van der Waals surface area (Å²) in [5, 5.41) is 11.3. The number of aliphatic carboxylic acids is 1. The van der Waals surface area contributed by atoms with Crippen LogP contribution in [0.4, 0.5) is 0 Å². The molecule has 0 radical (unpaired) electrons. The molecule has 2 amide bonds. The van der Waals surface area contributed by atoms with Crippen LogP contribution in [0.3, 0.4) is 0 Å². The fourth-order valence-electron chi connectivity index (χ4n) is 1.30. The summed E-state index contributed by atoms with van der Waals surface area (Å²) in [7, 11) is 0. The van der Waals surface area contributed by atoms with Gasteiger partial charge in [0.1, 0.15) is 6.04 Å². The molecule has 0 spiro atoms. The van der Waals surface area contributed by atoms with E-state index in [0.717, 1.165) is 0 Å². The lowest BCUT2D eigenvalue weighted by molar-refractivity contribution is -0.142. The highest BCUT2D eigenvalue weighted by Crippen LogP contribution is 2.20. The van der Waals surface area contributed by atoms with E-state index in [1.807, 2.05) is 20.8 Å². The van der Waals surface area contributed by atoms with Gasteiger partial charge in [0.2, 0.25) is 11.8 Å². The van der Waals surface area contributed by atoms with Crippen LogP contribution in [0.1, 0.15) is 46.5 Å². The number of nitrogens with two attached hydrogens (primary N) is 1. The van der Waals surface area contributed by atoms with E-state index in [1.165, 1.54) is 0 Å². The molecule has 0 heterocycles. The molecule has 104 valence electrons. The fraction of sp³-hybridized carbons (Fsp3) is 0.750. The molecule has 6 nitrogen and oxygen atoms in total. The Morgan fingerprint density at radius 2 is 1.78 bits per heavy atom. The highest BCUT2D eigenvalue weighted by molar-refractivity contribution is 5.84. The number of primary amides is 1. The van der Waals surface area contributed by atoms with Crippen LogP contribution in [0.15, 0.2) is 0 Å². The van der Waals surface area contributed by atoms with E-state index in [1.54, 1.807) is 0 Å². The number of carbonyl (C=O) groups excluding carboxylic acids is 2. The van der Waals surface area contributed by atoms with Crippen LogP contribution in [-0.4, -0.2) is 28.9 Å². The Bertz CT molecular complexity index is 321. The van der Waals surface area contributed by atoms with E-state index in [2.05, 4.69) is 5.32 Å². The number of carbonyl (C=O) groups is 3. The lowest BCUT2D eigenvalue weighted by atomic mass is 9.90. The van der Waals surface area contributed by atoms with Crippen molar-refractivity contribution in [1.82, 2.24) is 5.32 Å². The van der Waals surface area contributed by atoms with Gasteiger partial charge in [-0.1, -0.05) is 20.8 Å². The maximum atomic E-state index is 11.6. The highest BCUT2D eigenvalue weighted by Gasteiger charge is 2.21. The van der Waals surface area contributed by atoms with Gasteiger partial charge in [0.15, 0.2) is 0 Å². The molecule has 6 heteroatoms. The number of amides is 2. The molecule has 0 aliphatic heterocycles. The van der Waals surface area contributed by atoms with Crippen LogP contribution < -0.4 is 11.1 Å². The zero-order valence-corrected chi connectivity index (χ0v) is 11.2. The zero-order chi connectivity index (χ0) is 14.3. The van der Waals surface area contributed by atoms with Crippen molar-refractivity contribution in [3.05, 3.63) is 0 Å². The Balaban J connectivity index is 4.20. The Kier molecular flexibility index (Phi) is 6.36. The normalized spacial score (nSPS) is 12.8. The first-order valence-corrected chi connectivity index (χ1v) is 5.92. The molecule has 0 bridgehead atoms. The molecular formula is C12H22N2O4. The van der Waals surface area contributed by atoms with Gasteiger partial charge in [-0.25, -0.2) is 4.79 Å². The van der Waals surface area contributed by atoms with E-state index in [-0.39, 0.29) is 30.6 Å². The minimum Gasteiger partial charge on any atom is -0.480 e. The SMILES string of the molecule is CC(C)(C)CCC(=O)N[C@H](CCC(N)=O)C(=O)O. The molecule has 18 heavy (non-hydrogen) atoms. The lowest BCUT2D eigenvalue weighted by Gasteiger charge is -2.19. The smallest absolute Gasteiger partial charge is 0.326 e. The molecule has 0 aromatic carbocycles. The molecule has 0 saturated heterocycles. The molecular weight excluding hydrogens is 236 g/mol. The van der Waals surface area contributed by atoms with E-state index in [9.17, 15) is 14.4 Å². The molecule has 0 aromatic rings. The highest BCUT2D eigenvalue weighted by atomic mass is 16.4. The topological polar surface area (TPSA) is 109 Å². The van der Waals surface area contributed by atoms with Crippen molar-refractivity contribution in [3.8, 4) is 0 Å². The summed E-state index contributed by atoms with van der Waals surface area (Å²) in [5.74, 6) is -2.05. The number of rotatable bonds is 7. The third-order valence-electron chi connectivity index (χ3n) is 2.41. The monoisotopic (exact) mass is 258 g/mol. The Hall–Kier alpha value is -1.59. The van der Waals surface area contributed by atoms with Gasteiger partial charge < -0.3 is 16.2 Å². The average molecular weight is 258 g/mol. The van der Waals surface area contributed by atoms with E-state index >= 15 is 0 Å². The first kappa shape index (κ1) is 16.4. The van der Waals surface area contributed by atoms with Crippen molar-refractivity contribution in [2.75, 3.05) is 0 Å². The largest absolute Gasteiger partial charge is 0.480 e. The predicted molar refractivity (Wildman–Crippen MR) is 66.7 cm³/mol. The second kappa shape index (κ2) is 6.98. The standard InChI is InChI=1S/C12H22N2O4/c1-12(2,3)7-6-10(16)14-8(11(17)18)4-5-9(13)15/h8H,4-7H2,1-3H3,(H2,13,15)(H,14,16)(H,17,18)/t8-/m1/s1. The quantitative estimate of drug-likeness (QED) is 0.622. The molecule has 0 fully saturated rings. The third-order valence-corrected chi connectivity index (χ3v) is 2.41. The third kappa shape index (κ3) is 8.55. The maximum Gasteiger partial charge on any atom is 0.326 e. The van der Waals surface area contributed by atoms with Gasteiger partial charge in [-0.3, -0.25) is 9.59 Å². The van der Waals surface area contributed by atoms with Crippen molar-refractivity contribution in [3.63, 3.8) is 0 Å².